The molecule has 3 rings (SSSR count). The summed E-state index contributed by atoms with van der Waals surface area (Å²) in [4.78, 5) is 12.3. The van der Waals surface area contributed by atoms with E-state index < -0.39 is 5.63 Å². The van der Waals surface area contributed by atoms with Crippen LogP contribution in [0.1, 0.15) is 0 Å². The van der Waals surface area contributed by atoms with E-state index in [-0.39, 0.29) is 0 Å². The van der Waals surface area contributed by atoms with Crippen LogP contribution in [0.4, 0.5) is 0 Å². The van der Waals surface area contributed by atoms with Crippen molar-refractivity contribution in [3.8, 4) is 28.4 Å². The zero-order chi connectivity index (χ0) is 16.4. The van der Waals surface area contributed by atoms with Crippen LogP contribution < -0.4 is 19.8 Å². The van der Waals surface area contributed by atoms with Gasteiger partial charge in [-0.05, 0) is 42.0 Å². The molecule has 0 aliphatic heterocycles. The van der Waals surface area contributed by atoms with Crippen molar-refractivity contribution < 1.29 is 18.6 Å². The molecule has 0 unspecified atom stereocenters. The summed E-state index contributed by atoms with van der Waals surface area (Å²) in [6, 6.07) is 12.4. The maximum atomic E-state index is 12.3. The highest BCUT2D eigenvalue weighted by atomic mass is 16.5. The lowest BCUT2D eigenvalue weighted by atomic mass is 10.1. The number of fused-ring (bicyclic) bond motifs is 1. The molecule has 0 saturated heterocycles. The minimum atomic E-state index is -0.408. The Morgan fingerprint density at radius 2 is 1.61 bits per heavy atom. The molecule has 5 heteroatoms. The number of benzene rings is 2. The molecule has 0 N–H and O–H groups in total. The topological polar surface area (TPSA) is 57.9 Å². The predicted molar refractivity (Wildman–Crippen MR) is 87.6 cm³/mol. The Balaban J connectivity index is 2.19. The van der Waals surface area contributed by atoms with E-state index in [0.717, 1.165) is 5.39 Å². The standard InChI is InChI=1S/C18H16O5/c1-20-13-5-7-15-12(8-13)9-14(18(19)23-15)11-4-6-16(21-2)17(10-11)22-3/h4-10H,1-3H3. The number of hydrogen-bond donors (Lipinski definition) is 0. The first-order valence-corrected chi connectivity index (χ1v) is 7.00. The summed E-state index contributed by atoms with van der Waals surface area (Å²) in [5, 5.41) is 0.786. The molecule has 5 nitrogen and oxygen atoms in total. The summed E-state index contributed by atoms with van der Waals surface area (Å²) in [6.07, 6.45) is 0. The van der Waals surface area contributed by atoms with E-state index in [4.69, 9.17) is 18.6 Å². The molecule has 0 spiro atoms. The van der Waals surface area contributed by atoms with Gasteiger partial charge in [-0.2, -0.15) is 0 Å². The van der Waals surface area contributed by atoms with Gasteiger partial charge in [-0.1, -0.05) is 6.07 Å². The van der Waals surface area contributed by atoms with E-state index in [1.165, 1.54) is 0 Å². The van der Waals surface area contributed by atoms with Crippen molar-refractivity contribution in [3.05, 3.63) is 52.9 Å². The summed E-state index contributed by atoms with van der Waals surface area (Å²) in [7, 11) is 4.71. The molecule has 1 aromatic heterocycles. The summed E-state index contributed by atoms with van der Waals surface area (Å²) in [6.45, 7) is 0. The van der Waals surface area contributed by atoms with Crippen LogP contribution in [0.5, 0.6) is 17.2 Å². The Bertz CT molecular complexity index is 911. The van der Waals surface area contributed by atoms with E-state index in [0.29, 0.717) is 34.0 Å². The molecule has 3 aromatic rings. The lowest BCUT2D eigenvalue weighted by molar-refractivity contribution is 0.355. The zero-order valence-electron chi connectivity index (χ0n) is 13.1. The molecule has 0 bridgehead atoms. The van der Waals surface area contributed by atoms with E-state index in [9.17, 15) is 4.79 Å². The first kappa shape index (κ1) is 15.0. The van der Waals surface area contributed by atoms with Gasteiger partial charge >= 0.3 is 5.63 Å². The third-order valence-electron chi connectivity index (χ3n) is 3.63. The third-order valence-corrected chi connectivity index (χ3v) is 3.63. The number of hydrogen-bond acceptors (Lipinski definition) is 5. The Kier molecular flexibility index (Phi) is 3.93. The van der Waals surface area contributed by atoms with E-state index >= 15 is 0 Å². The Hall–Kier alpha value is -2.95. The molecule has 2 aromatic carbocycles. The second-order valence-electron chi connectivity index (χ2n) is 4.92. The lowest BCUT2D eigenvalue weighted by Gasteiger charge is -2.09. The van der Waals surface area contributed by atoms with Gasteiger partial charge in [0.15, 0.2) is 11.5 Å². The van der Waals surface area contributed by atoms with Crippen molar-refractivity contribution in [2.45, 2.75) is 0 Å². The number of ether oxygens (including phenoxy) is 3. The predicted octanol–water partition coefficient (Wildman–Crippen LogP) is 3.49. The highest BCUT2D eigenvalue weighted by molar-refractivity contribution is 5.83. The van der Waals surface area contributed by atoms with Crippen LogP contribution in [-0.4, -0.2) is 21.3 Å². The highest BCUT2D eigenvalue weighted by Crippen LogP contribution is 2.32. The fourth-order valence-electron chi connectivity index (χ4n) is 2.43. The van der Waals surface area contributed by atoms with Crippen molar-refractivity contribution in [2.75, 3.05) is 21.3 Å². The second kappa shape index (κ2) is 6.04. The average molecular weight is 312 g/mol. The van der Waals surface area contributed by atoms with E-state index in [1.807, 2.05) is 6.07 Å². The minimum Gasteiger partial charge on any atom is -0.497 e. The van der Waals surface area contributed by atoms with Crippen molar-refractivity contribution >= 4 is 11.0 Å². The van der Waals surface area contributed by atoms with Gasteiger partial charge in [0, 0.05) is 5.39 Å². The third kappa shape index (κ3) is 2.73. The van der Waals surface area contributed by atoms with Crippen LogP contribution in [0.3, 0.4) is 0 Å². The normalized spacial score (nSPS) is 10.6. The quantitative estimate of drug-likeness (QED) is 0.690. The molecule has 0 aliphatic rings. The van der Waals surface area contributed by atoms with Crippen LogP contribution in [0.15, 0.2) is 51.7 Å². The molecular weight excluding hydrogens is 296 g/mol. The maximum Gasteiger partial charge on any atom is 0.344 e. The largest absolute Gasteiger partial charge is 0.497 e. The van der Waals surface area contributed by atoms with Gasteiger partial charge in [0.1, 0.15) is 11.3 Å². The molecule has 0 radical (unpaired) electrons. The number of methoxy groups -OCH3 is 3. The van der Waals surface area contributed by atoms with Gasteiger partial charge in [-0.15, -0.1) is 0 Å². The van der Waals surface area contributed by atoms with Crippen LogP contribution >= 0.6 is 0 Å². The van der Waals surface area contributed by atoms with E-state index in [2.05, 4.69) is 0 Å². The summed E-state index contributed by atoms with van der Waals surface area (Å²) >= 11 is 0. The van der Waals surface area contributed by atoms with Gasteiger partial charge < -0.3 is 18.6 Å². The first-order chi connectivity index (χ1) is 11.2. The fourth-order valence-corrected chi connectivity index (χ4v) is 2.43. The molecule has 0 amide bonds. The van der Waals surface area contributed by atoms with Crippen LogP contribution in [-0.2, 0) is 0 Å². The van der Waals surface area contributed by atoms with Gasteiger partial charge in [0.25, 0.3) is 0 Å². The Morgan fingerprint density at radius 1 is 0.826 bits per heavy atom. The van der Waals surface area contributed by atoms with Crippen molar-refractivity contribution in [2.24, 2.45) is 0 Å². The average Bonchev–Trinajstić information content (AvgIpc) is 2.60. The van der Waals surface area contributed by atoms with Crippen LogP contribution in [0, 0.1) is 0 Å². The smallest absolute Gasteiger partial charge is 0.344 e. The minimum absolute atomic E-state index is 0.408. The molecule has 1 heterocycles. The maximum absolute atomic E-state index is 12.3. The molecular formula is C18H16O5. The SMILES string of the molecule is COc1ccc2oc(=O)c(-c3ccc(OC)c(OC)c3)cc2c1. The van der Waals surface area contributed by atoms with Gasteiger partial charge in [-0.25, -0.2) is 4.79 Å². The molecule has 23 heavy (non-hydrogen) atoms. The monoisotopic (exact) mass is 312 g/mol. The molecule has 0 aliphatic carbocycles. The summed E-state index contributed by atoms with van der Waals surface area (Å²) in [5.41, 5.74) is 1.25. The van der Waals surface area contributed by atoms with Crippen molar-refractivity contribution in [1.82, 2.24) is 0 Å². The van der Waals surface area contributed by atoms with Crippen LogP contribution in [0.25, 0.3) is 22.1 Å². The second-order valence-corrected chi connectivity index (χ2v) is 4.92. The highest BCUT2D eigenvalue weighted by Gasteiger charge is 2.12. The van der Waals surface area contributed by atoms with Crippen molar-refractivity contribution in [1.29, 1.82) is 0 Å². The lowest BCUT2D eigenvalue weighted by Crippen LogP contribution is -2.03. The van der Waals surface area contributed by atoms with Gasteiger partial charge in [-0.3, -0.25) is 0 Å². The first-order valence-electron chi connectivity index (χ1n) is 7.00. The summed E-state index contributed by atoms with van der Waals surface area (Å²) in [5.74, 6) is 1.85. The van der Waals surface area contributed by atoms with Crippen molar-refractivity contribution in [3.63, 3.8) is 0 Å². The zero-order valence-corrected chi connectivity index (χ0v) is 13.1. The van der Waals surface area contributed by atoms with Crippen LogP contribution in [0.2, 0.25) is 0 Å². The van der Waals surface area contributed by atoms with E-state index in [1.54, 1.807) is 57.7 Å². The molecule has 0 saturated carbocycles. The van der Waals surface area contributed by atoms with Gasteiger partial charge in [0.2, 0.25) is 0 Å². The molecule has 118 valence electrons. The fraction of sp³-hybridized carbons (Fsp3) is 0.167. The summed E-state index contributed by atoms with van der Waals surface area (Å²) < 4.78 is 21.1. The Morgan fingerprint density at radius 3 is 2.30 bits per heavy atom. The Labute approximate surface area is 133 Å². The molecule has 0 atom stereocenters. The molecule has 0 fully saturated rings. The van der Waals surface area contributed by atoms with Gasteiger partial charge in [0.05, 0.1) is 26.9 Å². The number of rotatable bonds is 4.